The lowest BCUT2D eigenvalue weighted by Crippen LogP contribution is -2.16. The van der Waals surface area contributed by atoms with E-state index in [1.807, 2.05) is 23.6 Å². The van der Waals surface area contributed by atoms with Crippen molar-refractivity contribution in [3.63, 3.8) is 0 Å². The maximum atomic E-state index is 13.0. The number of nitrogens with one attached hydrogen (secondary N) is 3. The van der Waals surface area contributed by atoms with E-state index in [4.69, 9.17) is 5.41 Å². The first-order chi connectivity index (χ1) is 16.2. The van der Waals surface area contributed by atoms with Crippen LogP contribution in [0.2, 0.25) is 0 Å². The largest absolute Gasteiger partial charge is 0.416 e. The summed E-state index contributed by atoms with van der Waals surface area (Å²) in [6, 6.07) is 8.73. The Morgan fingerprint density at radius 3 is 2.76 bits per heavy atom. The van der Waals surface area contributed by atoms with Gasteiger partial charge in [0.2, 0.25) is 5.62 Å². The predicted octanol–water partition coefficient (Wildman–Crippen LogP) is 3.93. The minimum absolute atomic E-state index is 0.0639. The van der Waals surface area contributed by atoms with Crippen LogP contribution in [-0.4, -0.2) is 32.0 Å². The molecule has 4 heterocycles. The second kappa shape index (κ2) is 7.94. The molecule has 0 atom stereocenters. The molecule has 1 aromatic carbocycles. The lowest BCUT2D eigenvalue weighted by atomic mass is 9.98. The fourth-order valence-electron chi connectivity index (χ4n) is 3.99. The van der Waals surface area contributed by atoms with Crippen LogP contribution in [0.4, 0.5) is 24.7 Å². The summed E-state index contributed by atoms with van der Waals surface area (Å²) in [5, 5.41) is 13.7. The van der Waals surface area contributed by atoms with Crippen molar-refractivity contribution in [2.45, 2.75) is 19.6 Å². The van der Waals surface area contributed by atoms with Gasteiger partial charge in [0.05, 0.1) is 5.56 Å². The summed E-state index contributed by atoms with van der Waals surface area (Å²) in [4.78, 5) is 24.6. The van der Waals surface area contributed by atoms with Crippen LogP contribution < -0.4 is 16.3 Å². The number of carbonyl (C=O) groups excluding carboxylic acids is 1. The normalized spacial score (nSPS) is 12.9. The highest BCUT2D eigenvalue weighted by atomic mass is 19.4. The van der Waals surface area contributed by atoms with Crippen molar-refractivity contribution >= 4 is 17.4 Å². The Balaban J connectivity index is 1.53. The summed E-state index contributed by atoms with van der Waals surface area (Å²) >= 11 is 0. The van der Waals surface area contributed by atoms with Gasteiger partial charge in [0.25, 0.3) is 5.91 Å². The topological polar surface area (TPSA) is 109 Å². The third-order valence-electron chi connectivity index (χ3n) is 5.61. The van der Waals surface area contributed by atoms with Gasteiger partial charge >= 0.3 is 6.18 Å². The number of aromatic nitrogens is 4. The quantitative estimate of drug-likeness (QED) is 0.425. The number of rotatable bonds is 3. The predicted molar refractivity (Wildman–Crippen MR) is 118 cm³/mol. The zero-order valence-electron chi connectivity index (χ0n) is 17.9. The van der Waals surface area contributed by atoms with E-state index in [0.717, 1.165) is 46.4 Å². The molecule has 3 aliphatic rings. The van der Waals surface area contributed by atoms with Crippen LogP contribution in [0.25, 0.3) is 22.5 Å². The Labute approximate surface area is 191 Å². The molecule has 1 aromatic heterocycles. The Kier molecular flexibility index (Phi) is 5.03. The second-order valence-corrected chi connectivity index (χ2v) is 7.87. The first-order valence-corrected chi connectivity index (χ1v) is 10.4. The number of nitrogens with zero attached hydrogens (tertiary/aromatic N) is 4. The summed E-state index contributed by atoms with van der Waals surface area (Å²) in [6.07, 6.45) is -2.01. The molecule has 0 saturated carbocycles. The number of anilines is 2. The number of pyridine rings is 2. The van der Waals surface area contributed by atoms with Crippen LogP contribution in [0.5, 0.6) is 0 Å². The first-order valence-electron chi connectivity index (χ1n) is 10.4. The van der Waals surface area contributed by atoms with Crippen molar-refractivity contribution in [1.82, 2.24) is 19.5 Å². The van der Waals surface area contributed by atoms with E-state index in [2.05, 4.69) is 25.6 Å². The van der Waals surface area contributed by atoms with Gasteiger partial charge in [-0.05, 0) is 48.4 Å². The van der Waals surface area contributed by atoms with E-state index < -0.39 is 17.6 Å². The van der Waals surface area contributed by atoms with Gasteiger partial charge < -0.3 is 15.2 Å². The van der Waals surface area contributed by atoms with Crippen molar-refractivity contribution in [1.29, 1.82) is 5.41 Å². The van der Waals surface area contributed by atoms with Crippen molar-refractivity contribution in [2.75, 3.05) is 17.2 Å². The number of alkyl halides is 3. The number of benzene rings is 1. The molecule has 3 aliphatic heterocycles. The molecule has 11 heteroatoms. The van der Waals surface area contributed by atoms with Crippen LogP contribution in [0.1, 0.15) is 21.6 Å². The summed E-state index contributed by atoms with van der Waals surface area (Å²) in [7, 11) is 0. The summed E-state index contributed by atoms with van der Waals surface area (Å²) < 4.78 is 41.0. The fraction of sp³-hybridized carbons (Fsp3) is 0.174. The number of carbonyl (C=O) groups is 1. The zero-order valence-corrected chi connectivity index (χ0v) is 17.9. The van der Waals surface area contributed by atoms with Crippen LogP contribution in [0, 0.1) is 12.3 Å². The Hall–Kier alpha value is -4.28. The van der Waals surface area contributed by atoms with Gasteiger partial charge in [-0.25, -0.2) is 4.98 Å². The Bertz CT molecular complexity index is 1460. The number of aryl methyl sites for hydroxylation is 1. The van der Waals surface area contributed by atoms with Gasteiger partial charge in [-0.3, -0.25) is 15.2 Å². The van der Waals surface area contributed by atoms with Gasteiger partial charge in [0.1, 0.15) is 17.3 Å². The maximum absolute atomic E-state index is 13.0. The highest BCUT2D eigenvalue weighted by Gasteiger charge is 2.31. The second-order valence-electron chi connectivity index (χ2n) is 7.87. The van der Waals surface area contributed by atoms with Gasteiger partial charge in [-0.15, -0.1) is 0 Å². The monoisotopic (exact) mass is 465 g/mol. The first kappa shape index (κ1) is 21.6. The summed E-state index contributed by atoms with van der Waals surface area (Å²) in [5.41, 5.74) is 2.46. The number of hydrogen-bond acceptors (Lipinski definition) is 6. The average Bonchev–Trinajstić information content (AvgIpc) is 3.30. The van der Waals surface area contributed by atoms with E-state index in [1.54, 1.807) is 18.3 Å². The third kappa shape index (κ3) is 3.85. The highest BCUT2D eigenvalue weighted by Crippen LogP contribution is 2.39. The minimum atomic E-state index is -4.57. The zero-order chi connectivity index (χ0) is 24.0. The Morgan fingerprint density at radius 2 is 1.97 bits per heavy atom. The molecule has 0 radical (unpaired) electrons. The lowest BCUT2D eigenvalue weighted by molar-refractivity contribution is -0.137. The molecular weight excluding hydrogens is 447 g/mol. The molecule has 8 nitrogen and oxygen atoms in total. The van der Waals surface area contributed by atoms with Gasteiger partial charge in [-0.2, -0.15) is 18.2 Å². The fourth-order valence-corrected chi connectivity index (χ4v) is 3.99. The van der Waals surface area contributed by atoms with E-state index in [1.165, 1.54) is 0 Å². The van der Waals surface area contributed by atoms with Crippen molar-refractivity contribution in [3.05, 3.63) is 71.2 Å². The molecule has 5 rings (SSSR count). The number of fused-ring (bicyclic) bond motifs is 3. The molecule has 0 aliphatic carbocycles. The molecule has 2 aromatic rings. The summed E-state index contributed by atoms with van der Waals surface area (Å²) in [5.74, 6) is 0.742. The van der Waals surface area contributed by atoms with Crippen molar-refractivity contribution in [2.24, 2.45) is 0 Å². The molecule has 1 amide bonds. The van der Waals surface area contributed by atoms with E-state index in [9.17, 15) is 18.0 Å². The molecule has 34 heavy (non-hydrogen) atoms. The van der Waals surface area contributed by atoms with Crippen LogP contribution in [0.3, 0.4) is 0 Å². The molecule has 0 bridgehead atoms. The number of halogens is 3. The van der Waals surface area contributed by atoms with Crippen molar-refractivity contribution < 1.29 is 18.0 Å². The third-order valence-corrected chi connectivity index (χ3v) is 5.61. The molecule has 0 fully saturated rings. The van der Waals surface area contributed by atoms with Crippen LogP contribution >= 0.6 is 0 Å². The van der Waals surface area contributed by atoms with Crippen LogP contribution in [-0.2, 0) is 12.7 Å². The van der Waals surface area contributed by atoms with E-state index in [0.29, 0.717) is 24.6 Å². The maximum Gasteiger partial charge on any atom is 0.416 e. The molecule has 0 unspecified atom stereocenters. The number of hydrogen-bond donors (Lipinski definition) is 3. The smallest absolute Gasteiger partial charge is 0.369 e. The number of amides is 1. The molecule has 0 saturated heterocycles. The average molecular weight is 465 g/mol. The molecule has 3 N–H and O–H groups in total. The SMILES string of the molecule is Cc1ccc(NC(=O)c2cc(C(F)(F)F)ccn2)cc1-c1cc2cnc(=N)nc-2n2c1NCC2. The van der Waals surface area contributed by atoms with Gasteiger partial charge in [0.15, 0.2) is 0 Å². The molecule has 172 valence electrons. The van der Waals surface area contributed by atoms with Gasteiger partial charge in [-0.1, -0.05) is 6.07 Å². The van der Waals surface area contributed by atoms with Crippen molar-refractivity contribution in [3.8, 4) is 22.5 Å². The lowest BCUT2D eigenvalue weighted by Gasteiger charge is -2.18. The van der Waals surface area contributed by atoms with Crippen LogP contribution in [0.15, 0.2) is 48.8 Å². The minimum Gasteiger partial charge on any atom is -0.369 e. The summed E-state index contributed by atoms with van der Waals surface area (Å²) in [6.45, 7) is 3.29. The highest BCUT2D eigenvalue weighted by molar-refractivity contribution is 6.03. The molecular formula is C23H18F3N7O. The van der Waals surface area contributed by atoms with Gasteiger partial charge in [0, 0.05) is 42.3 Å². The Morgan fingerprint density at radius 1 is 1.15 bits per heavy atom. The van der Waals surface area contributed by atoms with E-state index >= 15 is 0 Å². The standard InChI is InChI=1S/C23H18F3N7O/c1-12-2-3-15(31-21(34)18-9-14(4-5-28-18)23(24,25)26)10-16(12)17-8-13-11-30-22(27)32-19(13)33-7-6-29-20(17)33/h2-5,8-11,27,29H,6-7H2,1H3,(H,31,34). The molecule has 0 spiro atoms. The van der Waals surface area contributed by atoms with E-state index in [-0.39, 0.29) is 11.3 Å².